The van der Waals surface area contributed by atoms with E-state index in [0.29, 0.717) is 34.8 Å². The van der Waals surface area contributed by atoms with E-state index in [0.717, 1.165) is 12.8 Å². The molecule has 1 heterocycles. The van der Waals surface area contributed by atoms with Gasteiger partial charge in [-0.25, -0.2) is 4.99 Å². The summed E-state index contributed by atoms with van der Waals surface area (Å²) in [6, 6.07) is 11.2. The predicted octanol–water partition coefficient (Wildman–Crippen LogP) is 5.79. The first-order chi connectivity index (χ1) is 18.1. The molecule has 2 amide bonds. The number of non-ortho nitro benzene ring substituents is 1. The molecular weight excluding hydrogens is 508 g/mol. The number of methoxy groups -OCH3 is 1. The lowest BCUT2D eigenvalue weighted by Gasteiger charge is -2.25. The molecule has 0 spiro atoms. The maximum atomic E-state index is 13.5. The first-order valence-corrected chi connectivity index (χ1v) is 13.4. The van der Waals surface area contributed by atoms with E-state index >= 15 is 0 Å². The SMILES string of the molecule is CCOc1ccccc1N=C1SC(CC(=O)Nc2ccc([N+](=O)[O-])cc2OC)C(=O)N1C(C)CCC(C)C. The molecule has 0 aliphatic carbocycles. The van der Waals surface area contributed by atoms with Crippen molar-refractivity contribution < 1.29 is 24.0 Å². The van der Waals surface area contributed by atoms with Crippen LogP contribution >= 0.6 is 11.8 Å². The average molecular weight is 543 g/mol. The van der Waals surface area contributed by atoms with Gasteiger partial charge in [-0.05, 0) is 50.8 Å². The van der Waals surface area contributed by atoms with Crippen LogP contribution in [0.4, 0.5) is 17.1 Å². The smallest absolute Gasteiger partial charge is 0.273 e. The zero-order chi connectivity index (χ0) is 27.8. The number of nitro groups is 1. The highest BCUT2D eigenvalue weighted by atomic mass is 32.2. The zero-order valence-electron chi connectivity index (χ0n) is 22.3. The van der Waals surface area contributed by atoms with E-state index in [1.807, 2.05) is 38.1 Å². The summed E-state index contributed by atoms with van der Waals surface area (Å²) < 4.78 is 10.9. The summed E-state index contributed by atoms with van der Waals surface area (Å²) in [6.07, 6.45) is 1.65. The molecule has 1 N–H and O–H groups in total. The highest BCUT2D eigenvalue weighted by Crippen LogP contribution is 2.37. The molecule has 0 radical (unpaired) electrons. The number of anilines is 1. The molecule has 10 nitrogen and oxygen atoms in total. The van der Waals surface area contributed by atoms with E-state index in [9.17, 15) is 19.7 Å². The van der Waals surface area contributed by atoms with Crippen LogP contribution in [0.3, 0.4) is 0 Å². The van der Waals surface area contributed by atoms with Crippen molar-refractivity contribution in [1.82, 2.24) is 4.90 Å². The molecule has 204 valence electrons. The first kappa shape index (κ1) is 29.0. The molecule has 2 atom stereocenters. The van der Waals surface area contributed by atoms with Gasteiger partial charge >= 0.3 is 0 Å². The molecule has 3 rings (SSSR count). The van der Waals surface area contributed by atoms with E-state index < -0.39 is 16.1 Å². The fraction of sp³-hybridized carbons (Fsp3) is 0.444. The van der Waals surface area contributed by atoms with Gasteiger partial charge in [-0.15, -0.1) is 0 Å². The Hall–Kier alpha value is -3.60. The average Bonchev–Trinajstić information content (AvgIpc) is 3.18. The molecule has 1 aliphatic rings. The number of aliphatic imine (C=N–C) groups is 1. The Morgan fingerprint density at radius 1 is 1.18 bits per heavy atom. The van der Waals surface area contributed by atoms with E-state index in [2.05, 4.69) is 19.2 Å². The van der Waals surface area contributed by atoms with E-state index in [4.69, 9.17) is 14.5 Å². The van der Waals surface area contributed by atoms with Crippen molar-refractivity contribution in [3.05, 3.63) is 52.6 Å². The number of benzene rings is 2. The highest BCUT2D eigenvalue weighted by molar-refractivity contribution is 8.15. The number of nitro benzene ring substituents is 1. The van der Waals surface area contributed by atoms with Gasteiger partial charge < -0.3 is 14.8 Å². The summed E-state index contributed by atoms with van der Waals surface area (Å²) in [7, 11) is 1.37. The summed E-state index contributed by atoms with van der Waals surface area (Å²) in [6.45, 7) is 8.65. The van der Waals surface area contributed by atoms with Gasteiger partial charge in [-0.3, -0.25) is 24.6 Å². The minimum absolute atomic E-state index is 0.0941. The predicted molar refractivity (Wildman–Crippen MR) is 149 cm³/mol. The van der Waals surface area contributed by atoms with Crippen molar-refractivity contribution in [3.8, 4) is 11.5 Å². The number of amidine groups is 1. The van der Waals surface area contributed by atoms with Gasteiger partial charge in [0.2, 0.25) is 11.8 Å². The lowest BCUT2D eigenvalue weighted by atomic mass is 10.0. The molecule has 1 fully saturated rings. The van der Waals surface area contributed by atoms with Gasteiger partial charge in [-0.2, -0.15) is 0 Å². The van der Waals surface area contributed by atoms with Gasteiger partial charge in [0, 0.05) is 18.5 Å². The Labute approximate surface area is 226 Å². The Balaban J connectivity index is 1.84. The zero-order valence-corrected chi connectivity index (χ0v) is 23.1. The third kappa shape index (κ3) is 7.25. The van der Waals surface area contributed by atoms with E-state index in [1.165, 1.54) is 37.1 Å². The molecule has 11 heteroatoms. The van der Waals surface area contributed by atoms with Crippen LogP contribution in [0.1, 0.15) is 47.0 Å². The molecule has 0 aromatic heterocycles. The number of hydrogen-bond donors (Lipinski definition) is 1. The quantitative estimate of drug-likeness (QED) is 0.266. The molecule has 2 unspecified atom stereocenters. The van der Waals surface area contributed by atoms with Crippen LogP contribution in [0.15, 0.2) is 47.5 Å². The highest BCUT2D eigenvalue weighted by Gasteiger charge is 2.41. The standard InChI is InChI=1S/C27H34N4O6S/c1-6-37-22-10-8-7-9-20(22)29-27-30(18(4)12-11-17(2)3)26(33)24(38-27)16-25(32)28-21-14-13-19(31(34)35)15-23(21)36-5/h7-10,13-15,17-18,24H,6,11-12,16H2,1-5H3,(H,28,32). The van der Waals surface area contributed by atoms with Crippen LogP contribution in [-0.4, -0.2) is 51.8 Å². The van der Waals surface area contributed by atoms with Crippen molar-refractivity contribution in [3.63, 3.8) is 0 Å². The Bertz CT molecular complexity index is 1200. The summed E-state index contributed by atoms with van der Waals surface area (Å²) in [5.41, 5.74) is 0.757. The van der Waals surface area contributed by atoms with Crippen LogP contribution in [0.25, 0.3) is 0 Å². The second-order valence-electron chi connectivity index (χ2n) is 9.32. The number of nitrogens with zero attached hydrogens (tertiary/aromatic N) is 3. The van der Waals surface area contributed by atoms with Crippen LogP contribution in [0.5, 0.6) is 11.5 Å². The summed E-state index contributed by atoms with van der Waals surface area (Å²) >= 11 is 1.26. The molecule has 2 aromatic carbocycles. The van der Waals surface area contributed by atoms with Crippen LogP contribution in [0.2, 0.25) is 0 Å². The largest absolute Gasteiger partial charge is 0.494 e. The number of para-hydroxylation sites is 2. The van der Waals surface area contributed by atoms with Crippen molar-refractivity contribution in [2.75, 3.05) is 19.0 Å². The Kier molecular flexibility index (Phi) is 10.1. The summed E-state index contributed by atoms with van der Waals surface area (Å²) in [5, 5.41) is 13.6. The van der Waals surface area contributed by atoms with Crippen molar-refractivity contribution in [2.24, 2.45) is 10.9 Å². The third-order valence-electron chi connectivity index (χ3n) is 5.99. The van der Waals surface area contributed by atoms with Crippen LogP contribution in [-0.2, 0) is 9.59 Å². The van der Waals surface area contributed by atoms with Crippen LogP contribution in [0, 0.1) is 16.0 Å². The monoisotopic (exact) mass is 542 g/mol. The lowest BCUT2D eigenvalue weighted by molar-refractivity contribution is -0.384. The van der Waals surface area contributed by atoms with Crippen molar-refractivity contribution >= 4 is 45.8 Å². The first-order valence-electron chi connectivity index (χ1n) is 12.6. The summed E-state index contributed by atoms with van der Waals surface area (Å²) in [4.78, 5) is 43.5. The topological polar surface area (TPSA) is 123 Å². The van der Waals surface area contributed by atoms with Gasteiger partial charge in [-0.1, -0.05) is 37.7 Å². The Morgan fingerprint density at radius 2 is 1.92 bits per heavy atom. The second-order valence-corrected chi connectivity index (χ2v) is 10.5. The van der Waals surface area contributed by atoms with Crippen molar-refractivity contribution in [2.45, 2.75) is 58.2 Å². The molecule has 38 heavy (non-hydrogen) atoms. The normalized spacial score (nSPS) is 17.1. The minimum Gasteiger partial charge on any atom is -0.494 e. The number of hydrogen-bond acceptors (Lipinski definition) is 8. The molecule has 0 saturated carbocycles. The fourth-order valence-electron chi connectivity index (χ4n) is 4.00. The number of nitrogens with one attached hydrogen (secondary N) is 1. The van der Waals surface area contributed by atoms with Gasteiger partial charge in [0.1, 0.15) is 22.4 Å². The number of carbonyl (C=O) groups is 2. The summed E-state index contributed by atoms with van der Waals surface area (Å²) in [5.74, 6) is 0.687. The number of amides is 2. The second kappa shape index (κ2) is 13.3. The van der Waals surface area contributed by atoms with Crippen molar-refractivity contribution in [1.29, 1.82) is 0 Å². The molecule has 0 bridgehead atoms. The molecule has 1 aliphatic heterocycles. The van der Waals surface area contributed by atoms with Gasteiger partial charge in [0.25, 0.3) is 5.69 Å². The lowest BCUT2D eigenvalue weighted by Crippen LogP contribution is -2.40. The van der Waals surface area contributed by atoms with E-state index in [-0.39, 0.29) is 29.8 Å². The Morgan fingerprint density at radius 3 is 2.58 bits per heavy atom. The maximum Gasteiger partial charge on any atom is 0.273 e. The maximum absolute atomic E-state index is 13.5. The molecule has 1 saturated heterocycles. The number of rotatable bonds is 12. The third-order valence-corrected chi connectivity index (χ3v) is 7.14. The number of ether oxygens (including phenoxy) is 2. The minimum atomic E-state index is -0.668. The van der Waals surface area contributed by atoms with Gasteiger partial charge in [0.15, 0.2) is 5.17 Å². The number of thioether (sulfide) groups is 1. The van der Waals surface area contributed by atoms with Crippen LogP contribution < -0.4 is 14.8 Å². The molecule has 2 aromatic rings. The van der Waals surface area contributed by atoms with E-state index in [1.54, 1.807) is 4.90 Å². The molecular formula is C27H34N4O6S. The fourth-order valence-corrected chi connectivity index (χ4v) is 5.24. The van der Waals surface area contributed by atoms with Gasteiger partial charge in [0.05, 0.1) is 30.4 Å². The number of carbonyl (C=O) groups excluding carboxylic acids is 2.